The van der Waals surface area contributed by atoms with E-state index in [4.69, 9.17) is 10.2 Å². The van der Waals surface area contributed by atoms with Crippen LogP contribution in [0.15, 0.2) is 12.2 Å². The highest BCUT2D eigenvalue weighted by Gasteiger charge is 2.33. The fourth-order valence-corrected chi connectivity index (χ4v) is 3.77. The van der Waals surface area contributed by atoms with Gasteiger partial charge in [0.15, 0.2) is 13.1 Å². The van der Waals surface area contributed by atoms with Crippen molar-refractivity contribution >= 4 is 17.9 Å². The third-order valence-corrected chi connectivity index (χ3v) is 5.30. The molecule has 0 aliphatic carbocycles. The van der Waals surface area contributed by atoms with E-state index in [0.717, 1.165) is 32.1 Å². The van der Waals surface area contributed by atoms with E-state index in [1.807, 2.05) is 0 Å². The monoisotopic (exact) mass is 427 g/mol. The number of hydrogen-bond acceptors (Lipinski definition) is 4. The largest absolute Gasteiger partial charge is 0.544 e. The van der Waals surface area contributed by atoms with Crippen LogP contribution in [0.2, 0.25) is 0 Å². The number of hydrogen-bond donors (Lipinski definition) is 2. The number of quaternary nitrogens is 1. The van der Waals surface area contributed by atoms with Crippen LogP contribution in [0.5, 0.6) is 0 Å². The van der Waals surface area contributed by atoms with Crippen molar-refractivity contribution in [3.63, 3.8) is 0 Å². The molecular weight excluding hydrogens is 386 g/mol. The molecule has 0 saturated heterocycles. The van der Waals surface area contributed by atoms with Gasteiger partial charge in [-0.25, -0.2) is 9.59 Å². The summed E-state index contributed by atoms with van der Waals surface area (Å²) in [7, 11) is 0. The lowest BCUT2D eigenvalue weighted by atomic mass is 10.1. The van der Waals surface area contributed by atoms with Gasteiger partial charge in [-0.1, -0.05) is 64.0 Å². The minimum absolute atomic E-state index is 0.219. The predicted octanol–water partition coefficient (Wildman–Crippen LogP) is 3.37. The van der Waals surface area contributed by atoms with Gasteiger partial charge in [0.25, 0.3) is 0 Å². The molecule has 7 heteroatoms. The van der Waals surface area contributed by atoms with E-state index in [-0.39, 0.29) is 6.54 Å². The molecule has 0 saturated carbocycles. The van der Waals surface area contributed by atoms with Gasteiger partial charge < -0.3 is 24.6 Å². The molecule has 30 heavy (non-hydrogen) atoms. The number of aliphatic carboxylic acids is 3. The van der Waals surface area contributed by atoms with Gasteiger partial charge in [-0.3, -0.25) is 0 Å². The summed E-state index contributed by atoms with van der Waals surface area (Å²) in [5.41, 5.74) is 0. The van der Waals surface area contributed by atoms with Crippen LogP contribution in [0.25, 0.3) is 0 Å². The maximum absolute atomic E-state index is 11.1. The van der Waals surface area contributed by atoms with E-state index in [1.165, 1.54) is 44.9 Å². The van der Waals surface area contributed by atoms with Crippen molar-refractivity contribution in [2.75, 3.05) is 26.2 Å². The standard InChI is InChI=1S/C23H41NO6/c1-2-3-4-5-6-7-8-9-10-11-12-13-14-15-16-17-24(18-21(25)26,19-22(27)28)20-23(29)30/h6-7H,2-5,8-20H2,1H3,(H2-,25,26,27,28,29,30)/b7-6+. The lowest BCUT2D eigenvalue weighted by Crippen LogP contribution is -2.59. The highest BCUT2D eigenvalue weighted by Crippen LogP contribution is 2.14. The SMILES string of the molecule is CCCCC/C=C/CCCCCCCCCC[N+](CC(=O)[O-])(CC(=O)O)CC(=O)O. The van der Waals surface area contributed by atoms with Crippen molar-refractivity contribution in [2.24, 2.45) is 0 Å². The van der Waals surface area contributed by atoms with Gasteiger partial charge in [0.05, 0.1) is 12.5 Å². The Labute approximate surface area is 181 Å². The number of carbonyl (C=O) groups excluding carboxylic acids is 1. The van der Waals surface area contributed by atoms with Gasteiger partial charge in [0, 0.05) is 0 Å². The van der Waals surface area contributed by atoms with Crippen molar-refractivity contribution in [1.29, 1.82) is 0 Å². The average Bonchev–Trinajstić information content (AvgIpc) is 2.63. The quantitative estimate of drug-likeness (QED) is 0.165. The first-order valence-electron chi connectivity index (χ1n) is 11.4. The van der Waals surface area contributed by atoms with Crippen molar-refractivity contribution in [3.05, 3.63) is 12.2 Å². The Hall–Kier alpha value is -1.89. The summed E-state index contributed by atoms with van der Waals surface area (Å²) in [4.78, 5) is 33.2. The number of rotatable bonds is 21. The van der Waals surface area contributed by atoms with Crippen LogP contribution < -0.4 is 5.11 Å². The highest BCUT2D eigenvalue weighted by atomic mass is 16.4. The summed E-state index contributed by atoms with van der Waals surface area (Å²) in [6.07, 6.45) is 19.1. The van der Waals surface area contributed by atoms with Gasteiger partial charge in [0.1, 0.15) is 6.54 Å². The Morgan fingerprint density at radius 1 is 0.700 bits per heavy atom. The Kier molecular flexibility index (Phi) is 16.8. The molecule has 0 fully saturated rings. The molecule has 0 aliphatic rings. The summed E-state index contributed by atoms with van der Waals surface area (Å²) < 4.78 is -0.501. The first kappa shape index (κ1) is 28.1. The zero-order valence-electron chi connectivity index (χ0n) is 18.7. The van der Waals surface area contributed by atoms with Crippen LogP contribution in [0.3, 0.4) is 0 Å². The Morgan fingerprint density at radius 3 is 1.57 bits per heavy atom. The molecule has 0 aliphatic heterocycles. The maximum atomic E-state index is 11.1. The molecule has 0 bridgehead atoms. The average molecular weight is 428 g/mol. The summed E-state index contributed by atoms with van der Waals surface area (Å²) in [5, 5.41) is 29.2. The van der Waals surface area contributed by atoms with E-state index < -0.39 is 42.0 Å². The number of allylic oxidation sites excluding steroid dienone is 2. The Balaban J connectivity index is 3.94. The van der Waals surface area contributed by atoms with Crippen LogP contribution in [-0.4, -0.2) is 58.8 Å². The zero-order valence-corrected chi connectivity index (χ0v) is 18.7. The molecular formula is C23H41NO6. The molecule has 0 aromatic rings. The second-order valence-electron chi connectivity index (χ2n) is 8.28. The molecule has 7 nitrogen and oxygen atoms in total. The summed E-state index contributed by atoms with van der Waals surface area (Å²) in [6, 6.07) is 0. The minimum atomic E-state index is -1.42. The zero-order chi connectivity index (χ0) is 22.7. The molecule has 0 atom stereocenters. The normalized spacial score (nSPS) is 11.8. The molecule has 174 valence electrons. The number of carbonyl (C=O) groups is 3. The van der Waals surface area contributed by atoms with E-state index in [2.05, 4.69) is 19.1 Å². The molecule has 0 aromatic carbocycles. The smallest absolute Gasteiger partial charge is 0.359 e. The van der Waals surface area contributed by atoms with Crippen molar-refractivity contribution in [1.82, 2.24) is 0 Å². The van der Waals surface area contributed by atoms with E-state index in [0.29, 0.717) is 6.42 Å². The Morgan fingerprint density at radius 2 is 1.13 bits per heavy atom. The first-order valence-corrected chi connectivity index (χ1v) is 11.4. The third kappa shape index (κ3) is 17.0. The lowest BCUT2D eigenvalue weighted by molar-refractivity contribution is -0.909. The fourth-order valence-electron chi connectivity index (χ4n) is 3.77. The molecule has 2 N–H and O–H groups in total. The van der Waals surface area contributed by atoms with Crippen LogP contribution in [0.1, 0.15) is 90.4 Å². The number of carboxylic acids is 3. The molecule has 0 heterocycles. The first-order chi connectivity index (χ1) is 14.3. The van der Waals surface area contributed by atoms with Gasteiger partial charge in [-0.15, -0.1) is 0 Å². The van der Waals surface area contributed by atoms with Crippen LogP contribution in [-0.2, 0) is 14.4 Å². The number of unbranched alkanes of at least 4 members (excludes halogenated alkanes) is 11. The number of carboxylic acid groups (broad SMARTS) is 3. The summed E-state index contributed by atoms with van der Waals surface area (Å²) >= 11 is 0. The van der Waals surface area contributed by atoms with Gasteiger partial charge >= 0.3 is 11.9 Å². The second-order valence-corrected chi connectivity index (χ2v) is 8.28. The van der Waals surface area contributed by atoms with E-state index >= 15 is 0 Å². The van der Waals surface area contributed by atoms with Crippen molar-refractivity contribution < 1.29 is 34.2 Å². The maximum Gasteiger partial charge on any atom is 0.359 e. The lowest BCUT2D eigenvalue weighted by Gasteiger charge is -2.36. The summed E-state index contributed by atoms with van der Waals surface area (Å²) in [6.45, 7) is 0.801. The molecule has 0 amide bonds. The van der Waals surface area contributed by atoms with E-state index in [9.17, 15) is 19.5 Å². The highest BCUT2D eigenvalue weighted by molar-refractivity contribution is 5.72. The van der Waals surface area contributed by atoms with Crippen LogP contribution in [0, 0.1) is 0 Å². The summed E-state index contributed by atoms with van der Waals surface area (Å²) in [5.74, 6) is -3.82. The molecule has 0 aromatic heterocycles. The van der Waals surface area contributed by atoms with Gasteiger partial charge in [-0.2, -0.15) is 0 Å². The van der Waals surface area contributed by atoms with Crippen LogP contribution in [0.4, 0.5) is 0 Å². The molecule has 0 rings (SSSR count). The minimum Gasteiger partial charge on any atom is -0.544 e. The topological polar surface area (TPSA) is 115 Å². The van der Waals surface area contributed by atoms with Gasteiger partial charge in [-0.05, 0) is 38.5 Å². The van der Waals surface area contributed by atoms with Crippen molar-refractivity contribution in [3.8, 4) is 0 Å². The molecule has 0 unspecified atom stereocenters. The predicted molar refractivity (Wildman–Crippen MR) is 115 cm³/mol. The van der Waals surface area contributed by atoms with Crippen molar-refractivity contribution in [2.45, 2.75) is 90.4 Å². The third-order valence-electron chi connectivity index (χ3n) is 5.30. The van der Waals surface area contributed by atoms with Crippen LogP contribution >= 0.6 is 0 Å². The Bertz CT molecular complexity index is 477. The van der Waals surface area contributed by atoms with E-state index in [1.54, 1.807) is 0 Å². The number of nitrogens with zero attached hydrogens (tertiary/aromatic N) is 1. The van der Waals surface area contributed by atoms with Gasteiger partial charge in [0.2, 0.25) is 0 Å². The second kappa shape index (κ2) is 17.9. The molecule has 0 radical (unpaired) electrons. The molecule has 0 spiro atoms. The fraction of sp³-hybridized carbons (Fsp3) is 0.783.